The van der Waals surface area contributed by atoms with E-state index in [1.807, 2.05) is 35.7 Å². The highest BCUT2D eigenvalue weighted by atomic mass is 32.1. The van der Waals surface area contributed by atoms with Crippen molar-refractivity contribution in [2.24, 2.45) is 0 Å². The molecule has 0 aliphatic carbocycles. The van der Waals surface area contributed by atoms with Gasteiger partial charge in [0.05, 0.1) is 15.1 Å². The highest BCUT2D eigenvalue weighted by Crippen LogP contribution is 2.28. The molecule has 0 aliphatic heterocycles. The molecule has 120 valence electrons. The van der Waals surface area contributed by atoms with E-state index in [0.29, 0.717) is 5.84 Å². The molecule has 0 radical (unpaired) electrons. The van der Waals surface area contributed by atoms with Gasteiger partial charge in [-0.15, -0.1) is 11.3 Å². The van der Waals surface area contributed by atoms with Crippen molar-refractivity contribution in [2.75, 3.05) is 37.8 Å². The van der Waals surface area contributed by atoms with Crippen molar-refractivity contribution in [1.29, 1.82) is 5.41 Å². The topological polar surface area (TPSA) is 64.0 Å². The molecule has 0 aliphatic rings. The largest absolute Gasteiger partial charge is 0.360 e. The molecule has 2 aromatic heterocycles. The van der Waals surface area contributed by atoms with E-state index in [-0.39, 0.29) is 0 Å². The monoisotopic (exact) mass is 345 g/mol. The first-order chi connectivity index (χ1) is 11.1. The lowest BCUT2D eigenvalue weighted by Gasteiger charge is -2.08. The van der Waals surface area contributed by atoms with Crippen LogP contribution in [0, 0.1) is 5.41 Å². The van der Waals surface area contributed by atoms with Crippen LogP contribution in [-0.2, 0) is 0 Å². The highest BCUT2D eigenvalue weighted by molar-refractivity contribution is 7.22. The summed E-state index contributed by atoms with van der Waals surface area (Å²) in [5.74, 6) is 0.416. The number of fused-ring (bicyclic) bond motifs is 1. The van der Waals surface area contributed by atoms with Gasteiger partial charge >= 0.3 is 0 Å². The first-order valence-electron chi connectivity index (χ1n) is 7.30. The summed E-state index contributed by atoms with van der Waals surface area (Å²) >= 11 is 3.21. The van der Waals surface area contributed by atoms with Gasteiger partial charge < -0.3 is 15.5 Å². The third kappa shape index (κ3) is 4.07. The standard InChI is InChI=1S/C16H19N5S2/c1-21(2)8-7-18-16-20-12-10-11(5-6-13(12)23-16)19-15(17)14-4-3-9-22-14/h3-6,9-10H,7-8H2,1-2H3,(H2,17,19)(H,18,20). The van der Waals surface area contributed by atoms with Crippen molar-refractivity contribution in [3.63, 3.8) is 0 Å². The van der Waals surface area contributed by atoms with Gasteiger partial charge in [-0.1, -0.05) is 17.4 Å². The van der Waals surface area contributed by atoms with Crippen LogP contribution in [0.15, 0.2) is 35.7 Å². The number of aromatic nitrogens is 1. The molecule has 23 heavy (non-hydrogen) atoms. The lowest BCUT2D eigenvalue weighted by atomic mass is 10.3. The second-order valence-electron chi connectivity index (χ2n) is 5.41. The average molecular weight is 345 g/mol. The number of hydrogen-bond acceptors (Lipinski definition) is 6. The normalized spacial score (nSPS) is 11.1. The minimum Gasteiger partial charge on any atom is -0.360 e. The number of thiazole rings is 1. The number of likely N-dealkylation sites (N-methyl/N-ethyl adjacent to an activating group) is 1. The summed E-state index contributed by atoms with van der Waals surface area (Å²) in [6.45, 7) is 1.85. The van der Waals surface area contributed by atoms with Crippen LogP contribution in [0.4, 0.5) is 10.8 Å². The SMILES string of the molecule is CN(C)CCNc1nc2cc(NC(=N)c3cccs3)ccc2s1. The zero-order valence-electron chi connectivity index (χ0n) is 13.1. The molecule has 7 heteroatoms. The lowest BCUT2D eigenvalue weighted by molar-refractivity contribution is 0.425. The third-order valence-corrected chi connectivity index (χ3v) is 5.14. The van der Waals surface area contributed by atoms with E-state index in [1.165, 1.54) is 0 Å². The molecule has 0 amide bonds. The van der Waals surface area contributed by atoms with Crippen LogP contribution in [0.3, 0.4) is 0 Å². The smallest absolute Gasteiger partial charge is 0.183 e. The highest BCUT2D eigenvalue weighted by Gasteiger charge is 2.07. The molecule has 0 bridgehead atoms. The van der Waals surface area contributed by atoms with Crippen molar-refractivity contribution in [1.82, 2.24) is 9.88 Å². The number of nitrogens with one attached hydrogen (secondary N) is 3. The summed E-state index contributed by atoms with van der Waals surface area (Å²) in [5, 5.41) is 17.5. The molecule has 0 unspecified atom stereocenters. The summed E-state index contributed by atoms with van der Waals surface area (Å²) < 4.78 is 1.14. The van der Waals surface area contributed by atoms with Gasteiger partial charge in [-0.3, -0.25) is 5.41 Å². The quantitative estimate of drug-likeness (QED) is 0.470. The molecule has 1 aromatic carbocycles. The fourth-order valence-electron chi connectivity index (χ4n) is 2.09. The van der Waals surface area contributed by atoms with E-state index < -0.39 is 0 Å². The second kappa shape index (κ2) is 7.08. The van der Waals surface area contributed by atoms with Crippen LogP contribution in [0.25, 0.3) is 10.2 Å². The number of nitrogens with zero attached hydrogens (tertiary/aromatic N) is 2. The molecule has 0 atom stereocenters. The number of thiophene rings is 1. The van der Waals surface area contributed by atoms with E-state index in [0.717, 1.165) is 39.0 Å². The summed E-state index contributed by atoms with van der Waals surface area (Å²) in [7, 11) is 4.11. The Morgan fingerprint density at radius 2 is 2.17 bits per heavy atom. The second-order valence-corrected chi connectivity index (χ2v) is 7.39. The molecule has 3 aromatic rings. The summed E-state index contributed by atoms with van der Waals surface area (Å²) in [6, 6.07) is 9.92. The van der Waals surface area contributed by atoms with Crippen molar-refractivity contribution >= 4 is 49.5 Å². The van der Waals surface area contributed by atoms with E-state index in [1.54, 1.807) is 22.7 Å². The van der Waals surface area contributed by atoms with E-state index in [4.69, 9.17) is 5.41 Å². The molecular formula is C16H19N5S2. The Labute approximate surface area is 143 Å². The molecule has 3 rings (SSSR count). The third-order valence-electron chi connectivity index (χ3n) is 3.26. The van der Waals surface area contributed by atoms with Gasteiger partial charge in [0.1, 0.15) is 5.84 Å². The van der Waals surface area contributed by atoms with Crippen LogP contribution in [0.2, 0.25) is 0 Å². The maximum absolute atomic E-state index is 8.09. The molecular weight excluding hydrogens is 326 g/mol. The number of hydrogen-bond donors (Lipinski definition) is 3. The molecule has 0 spiro atoms. The maximum Gasteiger partial charge on any atom is 0.183 e. The van der Waals surface area contributed by atoms with Gasteiger partial charge in [0, 0.05) is 18.8 Å². The predicted octanol–water partition coefficient (Wildman–Crippen LogP) is 3.77. The van der Waals surface area contributed by atoms with Gasteiger partial charge in [0.15, 0.2) is 5.13 Å². The lowest BCUT2D eigenvalue weighted by Crippen LogP contribution is -2.20. The number of amidine groups is 1. The first-order valence-corrected chi connectivity index (χ1v) is 9.00. The van der Waals surface area contributed by atoms with Gasteiger partial charge in [0.25, 0.3) is 0 Å². The molecule has 5 nitrogen and oxygen atoms in total. The zero-order chi connectivity index (χ0) is 16.2. The number of anilines is 2. The van der Waals surface area contributed by atoms with Crippen LogP contribution in [0.5, 0.6) is 0 Å². The van der Waals surface area contributed by atoms with E-state index >= 15 is 0 Å². The molecule has 2 heterocycles. The van der Waals surface area contributed by atoms with Crippen molar-refractivity contribution in [3.8, 4) is 0 Å². The fraction of sp³-hybridized carbons (Fsp3) is 0.250. The predicted molar refractivity (Wildman–Crippen MR) is 101 cm³/mol. The molecule has 0 fully saturated rings. The molecule has 3 N–H and O–H groups in total. The Balaban J connectivity index is 1.70. The van der Waals surface area contributed by atoms with Crippen LogP contribution >= 0.6 is 22.7 Å². The van der Waals surface area contributed by atoms with Crippen LogP contribution in [-0.4, -0.2) is 42.9 Å². The van der Waals surface area contributed by atoms with Gasteiger partial charge in [-0.05, 0) is 43.7 Å². The Morgan fingerprint density at radius 3 is 2.91 bits per heavy atom. The average Bonchev–Trinajstić information content (AvgIpc) is 3.15. The van der Waals surface area contributed by atoms with Gasteiger partial charge in [-0.25, -0.2) is 4.98 Å². The van der Waals surface area contributed by atoms with Crippen molar-refractivity contribution in [3.05, 3.63) is 40.6 Å². The van der Waals surface area contributed by atoms with E-state index in [9.17, 15) is 0 Å². The van der Waals surface area contributed by atoms with Crippen LogP contribution < -0.4 is 10.6 Å². The molecule has 0 saturated heterocycles. The maximum atomic E-state index is 8.09. The summed E-state index contributed by atoms with van der Waals surface area (Å²) in [5.41, 5.74) is 1.84. The zero-order valence-corrected chi connectivity index (χ0v) is 14.7. The van der Waals surface area contributed by atoms with Crippen molar-refractivity contribution in [2.45, 2.75) is 0 Å². The fourth-order valence-corrected chi connectivity index (χ4v) is 3.60. The summed E-state index contributed by atoms with van der Waals surface area (Å²) in [6.07, 6.45) is 0. The first kappa shape index (κ1) is 15.9. The summed E-state index contributed by atoms with van der Waals surface area (Å²) in [4.78, 5) is 7.68. The van der Waals surface area contributed by atoms with E-state index in [2.05, 4.69) is 34.6 Å². The van der Waals surface area contributed by atoms with Crippen molar-refractivity contribution < 1.29 is 0 Å². The van der Waals surface area contributed by atoms with Gasteiger partial charge in [-0.2, -0.15) is 0 Å². The number of rotatable bonds is 6. The Morgan fingerprint density at radius 1 is 1.30 bits per heavy atom. The minimum absolute atomic E-state index is 0.416. The van der Waals surface area contributed by atoms with Gasteiger partial charge in [0.2, 0.25) is 0 Å². The Bertz CT molecular complexity index is 792. The Hall–Kier alpha value is -1.96. The molecule has 0 saturated carbocycles. The Kier molecular flexibility index (Phi) is 4.90. The minimum atomic E-state index is 0.416. The number of benzene rings is 1. The van der Waals surface area contributed by atoms with Crippen LogP contribution in [0.1, 0.15) is 4.88 Å².